The molecule has 0 unspecified atom stereocenters. The van der Waals surface area contributed by atoms with Crippen molar-refractivity contribution in [2.75, 3.05) is 17.2 Å². The van der Waals surface area contributed by atoms with Crippen molar-refractivity contribution >= 4 is 39.3 Å². The van der Waals surface area contributed by atoms with Crippen LogP contribution < -0.4 is 10.6 Å². The Morgan fingerprint density at radius 2 is 1.73 bits per heavy atom. The molecule has 0 radical (unpaired) electrons. The predicted octanol–water partition coefficient (Wildman–Crippen LogP) is 4.27. The van der Waals surface area contributed by atoms with E-state index in [0.717, 1.165) is 4.47 Å². The van der Waals surface area contributed by atoms with Gasteiger partial charge in [0, 0.05) is 15.8 Å². The van der Waals surface area contributed by atoms with Gasteiger partial charge in [-0.15, -0.1) is 0 Å². The summed E-state index contributed by atoms with van der Waals surface area (Å²) in [5.41, 5.74) is 1.70. The van der Waals surface area contributed by atoms with Crippen molar-refractivity contribution in [3.05, 3.63) is 58.6 Å². The highest BCUT2D eigenvalue weighted by atomic mass is 79.9. The maximum Gasteiger partial charge on any atom is 0.338 e. The van der Waals surface area contributed by atoms with Gasteiger partial charge in [-0.05, 0) is 49.4 Å². The fraction of sp³-hybridized carbons (Fsp3) is 0.125. The van der Waals surface area contributed by atoms with E-state index in [2.05, 4.69) is 26.6 Å². The SMILES string of the molecule is CCOC(=O)c1ccc(NC(=O)Nc2cccc(Br)c2)cc1. The number of anilines is 2. The summed E-state index contributed by atoms with van der Waals surface area (Å²) in [5.74, 6) is -0.382. The third kappa shape index (κ3) is 4.60. The van der Waals surface area contributed by atoms with Crippen LogP contribution >= 0.6 is 15.9 Å². The lowest BCUT2D eigenvalue weighted by molar-refractivity contribution is 0.0526. The van der Waals surface area contributed by atoms with Crippen LogP contribution in [-0.4, -0.2) is 18.6 Å². The lowest BCUT2D eigenvalue weighted by Crippen LogP contribution is -2.19. The van der Waals surface area contributed by atoms with E-state index in [-0.39, 0.29) is 12.0 Å². The molecule has 6 heteroatoms. The number of urea groups is 1. The molecule has 0 heterocycles. The number of esters is 1. The number of nitrogens with one attached hydrogen (secondary N) is 2. The molecule has 5 nitrogen and oxygen atoms in total. The zero-order valence-corrected chi connectivity index (χ0v) is 13.5. The molecule has 2 amide bonds. The van der Waals surface area contributed by atoms with Crippen LogP contribution in [0.4, 0.5) is 16.2 Å². The first kappa shape index (κ1) is 16.0. The summed E-state index contributed by atoms with van der Waals surface area (Å²) in [5, 5.41) is 5.41. The molecule has 2 N–H and O–H groups in total. The molecule has 114 valence electrons. The van der Waals surface area contributed by atoms with Gasteiger partial charge in [-0.3, -0.25) is 0 Å². The standard InChI is InChI=1S/C16H15BrN2O3/c1-2-22-15(20)11-6-8-13(9-7-11)18-16(21)19-14-5-3-4-12(17)10-14/h3-10H,2H2,1H3,(H2,18,19,21). The van der Waals surface area contributed by atoms with Crippen molar-refractivity contribution in [3.63, 3.8) is 0 Å². The number of amides is 2. The fourth-order valence-corrected chi connectivity index (χ4v) is 2.16. The monoisotopic (exact) mass is 362 g/mol. The maximum absolute atomic E-state index is 11.9. The minimum atomic E-state index is -0.382. The number of benzene rings is 2. The molecule has 2 aromatic carbocycles. The smallest absolute Gasteiger partial charge is 0.338 e. The second-order valence-corrected chi connectivity index (χ2v) is 5.30. The summed E-state index contributed by atoms with van der Waals surface area (Å²) in [7, 11) is 0. The van der Waals surface area contributed by atoms with E-state index in [4.69, 9.17) is 4.74 Å². The van der Waals surface area contributed by atoms with Crippen molar-refractivity contribution in [2.24, 2.45) is 0 Å². The summed E-state index contributed by atoms with van der Waals surface area (Å²) >= 11 is 3.34. The average Bonchev–Trinajstić information content (AvgIpc) is 2.48. The Bertz CT molecular complexity index is 671. The molecule has 0 saturated heterocycles. The second kappa shape index (κ2) is 7.61. The lowest BCUT2D eigenvalue weighted by Gasteiger charge is -2.08. The van der Waals surface area contributed by atoms with Crippen molar-refractivity contribution in [1.82, 2.24) is 0 Å². The molecule has 0 atom stereocenters. The molecule has 0 aliphatic rings. The van der Waals surface area contributed by atoms with Gasteiger partial charge in [0.1, 0.15) is 0 Å². The first-order valence-corrected chi connectivity index (χ1v) is 7.48. The van der Waals surface area contributed by atoms with Gasteiger partial charge in [0.25, 0.3) is 0 Å². The van der Waals surface area contributed by atoms with E-state index >= 15 is 0 Å². The first-order valence-electron chi connectivity index (χ1n) is 6.69. The van der Waals surface area contributed by atoms with Gasteiger partial charge in [-0.2, -0.15) is 0 Å². The maximum atomic E-state index is 11.9. The molecule has 2 rings (SSSR count). The Balaban J connectivity index is 1.95. The Hall–Kier alpha value is -2.34. The zero-order chi connectivity index (χ0) is 15.9. The largest absolute Gasteiger partial charge is 0.462 e. The fourth-order valence-electron chi connectivity index (χ4n) is 1.76. The summed E-state index contributed by atoms with van der Waals surface area (Å²) in [6, 6.07) is 13.4. The topological polar surface area (TPSA) is 67.4 Å². The molecule has 0 saturated carbocycles. The number of hydrogen-bond donors (Lipinski definition) is 2. The number of halogens is 1. The minimum Gasteiger partial charge on any atom is -0.462 e. The zero-order valence-electron chi connectivity index (χ0n) is 11.9. The van der Waals surface area contributed by atoms with E-state index in [1.807, 2.05) is 12.1 Å². The summed E-state index contributed by atoms with van der Waals surface area (Å²) in [6.07, 6.45) is 0. The van der Waals surface area contributed by atoms with Gasteiger partial charge in [-0.25, -0.2) is 9.59 Å². The lowest BCUT2D eigenvalue weighted by atomic mass is 10.2. The molecule has 0 aromatic heterocycles. The van der Waals surface area contributed by atoms with E-state index in [0.29, 0.717) is 23.5 Å². The normalized spacial score (nSPS) is 9.91. The minimum absolute atomic E-state index is 0.327. The van der Waals surface area contributed by atoms with Gasteiger partial charge in [-0.1, -0.05) is 22.0 Å². The Kier molecular flexibility index (Phi) is 5.55. The third-order valence-electron chi connectivity index (χ3n) is 2.74. The second-order valence-electron chi connectivity index (χ2n) is 4.39. The summed E-state index contributed by atoms with van der Waals surface area (Å²) < 4.78 is 5.77. The highest BCUT2D eigenvalue weighted by Crippen LogP contribution is 2.16. The van der Waals surface area contributed by atoms with Crippen LogP contribution in [0.3, 0.4) is 0 Å². The molecule has 0 fully saturated rings. The van der Waals surface area contributed by atoms with Crippen molar-refractivity contribution in [1.29, 1.82) is 0 Å². The average molecular weight is 363 g/mol. The van der Waals surface area contributed by atoms with Crippen LogP contribution in [0.2, 0.25) is 0 Å². The van der Waals surface area contributed by atoms with Crippen LogP contribution in [0.25, 0.3) is 0 Å². The van der Waals surface area contributed by atoms with Crippen molar-refractivity contribution in [2.45, 2.75) is 6.92 Å². The summed E-state index contributed by atoms with van der Waals surface area (Å²) in [4.78, 5) is 23.4. The Labute approximate surface area is 136 Å². The van der Waals surface area contributed by atoms with E-state index in [1.54, 1.807) is 43.3 Å². The van der Waals surface area contributed by atoms with Gasteiger partial charge in [0.2, 0.25) is 0 Å². The van der Waals surface area contributed by atoms with Crippen molar-refractivity contribution < 1.29 is 14.3 Å². The highest BCUT2D eigenvalue weighted by molar-refractivity contribution is 9.10. The van der Waals surface area contributed by atoms with Crippen LogP contribution in [-0.2, 0) is 4.74 Å². The molecule has 0 spiro atoms. The molecule has 0 aliphatic heterocycles. The van der Waals surface area contributed by atoms with Crippen LogP contribution in [0, 0.1) is 0 Å². The van der Waals surface area contributed by atoms with Crippen LogP contribution in [0.15, 0.2) is 53.0 Å². The van der Waals surface area contributed by atoms with Crippen LogP contribution in [0.1, 0.15) is 17.3 Å². The first-order chi connectivity index (χ1) is 10.6. The quantitative estimate of drug-likeness (QED) is 0.798. The number of ether oxygens (including phenoxy) is 1. The predicted molar refractivity (Wildman–Crippen MR) is 89.2 cm³/mol. The Morgan fingerprint density at radius 1 is 1.05 bits per heavy atom. The number of rotatable bonds is 4. The van der Waals surface area contributed by atoms with Gasteiger partial charge < -0.3 is 15.4 Å². The van der Waals surface area contributed by atoms with E-state index < -0.39 is 0 Å². The molecule has 2 aromatic rings. The summed E-state index contributed by atoms with van der Waals surface area (Å²) in [6.45, 7) is 2.08. The van der Waals surface area contributed by atoms with Crippen molar-refractivity contribution in [3.8, 4) is 0 Å². The number of carbonyl (C=O) groups is 2. The van der Waals surface area contributed by atoms with Gasteiger partial charge >= 0.3 is 12.0 Å². The van der Waals surface area contributed by atoms with Crippen LogP contribution in [0.5, 0.6) is 0 Å². The Morgan fingerprint density at radius 3 is 2.36 bits per heavy atom. The number of hydrogen-bond acceptors (Lipinski definition) is 3. The molecule has 0 aliphatic carbocycles. The van der Waals surface area contributed by atoms with E-state index in [9.17, 15) is 9.59 Å². The highest BCUT2D eigenvalue weighted by Gasteiger charge is 2.07. The van der Waals surface area contributed by atoms with Gasteiger partial charge in [0.05, 0.1) is 12.2 Å². The molecular weight excluding hydrogens is 348 g/mol. The molecule has 0 bridgehead atoms. The molecular formula is C16H15BrN2O3. The van der Waals surface area contributed by atoms with Gasteiger partial charge in [0.15, 0.2) is 0 Å². The number of carbonyl (C=O) groups excluding carboxylic acids is 2. The molecule has 22 heavy (non-hydrogen) atoms. The van der Waals surface area contributed by atoms with E-state index in [1.165, 1.54) is 0 Å². The third-order valence-corrected chi connectivity index (χ3v) is 3.23.